The Kier molecular flexibility index (Phi) is 5.29. The molecular weight excluding hydrogens is 456 g/mol. The number of halogens is 1. The number of hydrogen-bond acceptors (Lipinski definition) is 5. The van der Waals surface area contributed by atoms with Gasteiger partial charge >= 0.3 is 0 Å². The van der Waals surface area contributed by atoms with Crippen molar-refractivity contribution in [2.45, 2.75) is 44.6 Å². The molecule has 2 aromatic heterocycles. The standard InChI is InChI=1S/C21H21BrN2O2S2/c1-12-6-5-7-14(8-12)24-19(25)17-15-9-21(3,4)26-10-16(15)28-18(17)23-20(24)27-11-13(2)22/h5-8H,2,9-11H2,1,3-4H3. The molecule has 0 unspecified atom stereocenters. The highest BCUT2D eigenvalue weighted by Crippen LogP contribution is 2.38. The van der Waals surface area contributed by atoms with E-state index in [0.29, 0.717) is 17.5 Å². The normalized spacial score (nSPS) is 15.6. The first kappa shape index (κ1) is 19.9. The summed E-state index contributed by atoms with van der Waals surface area (Å²) in [5.74, 6) is 0.644. The molecule has 28 heavy (non-hydrogen) atoms. The lowest BCUT2D eigenvalue weighted by Gasteiger charge is -2.29. The topological polar surface area (TPSA) is 44.1 Å². The van der Waals surface area contributed by atoms with E-state index in [1.54, 1.807) is 15.9 Å². The lowest BCUT2D eigenvalue weighted by atomic mass is 9.94. The van der Waals surface area contributed by atoms with Crippen molar-refractivity contribution >= 4 is 49.2 Å². The van der Waals surface area contributed by atoms with Gasteiger partial charge < -0.3 is 4.74 Å². The molecule has 0 N–H and O–H groups in total. The number of fused-ring (bicyclic) bond motifs is 3. The molecule has 1 aliphatic rings. The van der Waals surface area contributed by atoms with Crippen LogP contribution in [0.4, 0.5) is 0 Å². The third-order valence-electron chi connectivity index (χ3n) is 4.69. The molecule has 7 heteroatoms. The number of hydrogen-bond donors (Lipinski definition) is 0. The Morgan fingerprint density at radius 2 is 2.25 bits per heavy atom. The van der Waals surface area contributed by atoms with Crippen molar-refractivity contribution in [3.63, 3.8) is 0 Å². The van der Waals surface area contributed by atoms with Crippen molar-refractivity contribution < 1.29 is 4.74 Å². The smallest absolute Gasteiger partial charge is 0.267 e. The third-order valence-corrected chi connectivity index (χ3v) is 7.47. The van der Waals surface area contributed by atoms with E-state index in [4.69, 9.17) is 9.72 Å². The van der Waals surface area contributed by atoms with E-state index >= 15 is 0 Å². The minimum absolute atomic E-state index is 0.00603. The maximum Gasteiger partial charge on any atom is 0.267 e. The van der Waals surface area contributed by atoms with Gasteiger partial charge in [0.2, 0.25) is 0 Å². The predicted octanol–water partition coefficient (Wildman–Crippen LogP) is 5.61. The first-order valence-corrected chi connectivity index (χ1v) is 11.6. The predicted molar refractivity (Wildman–Crippen MR) is 121 cm³/mol. The lowest BCUT2D eigenvalue weighted by molar-refractivity contribution is -0.0379. The molecule has 3 aromatic rings. The van der Waals surface area contributed by atoms with Gasteiger partial charge in [0.15, 0.2) is 5.16 Å². The second kappa shape index (κ2) is 7.44. The quantitative estimate of drug-likeness (QED) is 0.362. The third kappa shape index (κ3) is 3.73. The largest absolute Gasteiger partial charge is 0.370 e. The second-order valence-electron chi connectivity index (χ2n) is 7.59. The highest BCUT2D eigenvalue weighted by Gasteiger charge is 2.31. The van der Waals surface area contributed by atoms with Crippen LogP contribution in [0.1, 0.15) is 29.9 Å². The molecule has 146 valence electrons. The van der Waals surface area contributed by atoms with Crippen molar-refractivity contribution in [2.24, 2.45) is 0 Å². The van der Waals surface area contributed by atoms with Gasteiger partial charge in [-0.05, 0) is 48.5 Å². The zero-order valence-electron chi connectivity index (χ0n) is 16.0. The van der Waals surface area contributed by atoms with E-state index in [1.807, 2.05) is 31.2 Å². The first-order valence-electron chi connectivity index (χ1n) is 8.99. The van der Waals surface area contributed by atoms with Gasteiger partial charge in [0, 0.05) is 17.1 Å². The average molecular weight is 477 g/mol. The fourth-order valence-electron chi connectivity index (χ4n) is 3.41. The van der Waals surface area contributed by atoms with Crippen LogP contribution in [0.15, 0.2) is 45.3 Å². The van der Waals surface area contributed by atoms with Crippen molar-refractivity contribution in [1.29, 1.82) is 0 Å². The van der Waals surface area contributed by atoms with Crippen molar-refractivity contribution in [2.75, 3.05) is 5.75 Å². The second-order valence-corrected chi connectivity index (χ2v) is 10.7. The Morgan fingerprint density at radius 1 is 1.46 bits per heavy atom. The van der Waals surface area contributed by atoms with Crippen LogP contribution in [-0.2, 0) is 17.8 Å². The van der Waals surface area contributed by atoms with Gasteiger partial charge in [-0.3, -0.25) is 9.36 Å². The van der Waals surface area contributed by atoms with Gasteiger partial charge in [0.1, 0.15) is 4.83 Å². The Labute approximate surface area is 180 Å². The van der Waals surface area contributed by atoms with Gasteiger partial charge in [-0.15, -0.1) is 11.3 Å². The monoisotopic (exact) mass is 476 g/mol. The summed E-state index contributed by atoms with van der Waals surface area (Å²) in [6.07, 6.45) is 0.720. The van der Waals surface area contributed by atoms with Crippen LogP contribution in [-0.4, -0.2) is 20.9 Å². The molecule has 0 amide bonds. The summed E-state index contributed by atoms with van der Waals surface area (Å²) in [4.78, 5) is 20.5. The van der Waals surface area contributed by atoms with Gasteiger partial charge in [0.25, 0.3) is 5.56 Å². The molecule has 0 saturated heterocycles. The molecule has 1 aliphatic heterocycles. The van der Waals surface area contributed by atoms with Crippen LogP contribution < -0.4 is 5.56 Å². The zero-order chi connectivity index (χ0) is 20.1. The fraction of sp³-hybridized carbons (Fsp3) is 0.333. The Bertz CT molecular complexity index is 1150. The van der Waals surface area contributed by atoms with Gasteiger partial charge in [0.05, 0.1) is 23.3 Å². The number of thioether (sulfide) groups is 1. The van der Waals surface area contributed by atoms with Crippen molar-refractivity contribution in [3.8, 4) is 5.69 Å². The fourth-order valence-corrected chi connectivity index (χ4v) is 5.66. The molecule has 0 atom stereocenters. The van der Waals surface area contributed by atoms with Gasteiger partial charge in [-0.1, -0.05) is 46.4 Å². The van der Waals surface area contributed by atoms with Crippen molar-refractivity contribution in [1.82, 2.24) is 9.55 Å². The Balaban J connectivity index is 1.98. The minimum Gasteiger partial charge on any atom is -0.370 e. The highest BCUT2D eigenvalue weighted by atomic mass is 79.9. The number of thiophene rings is 1. The lowest BCUT2D eigenvalue weighted by Crippen LogP contribution is -2.32. The Hall–Kier alpha value is -1.41. The average Bonchev–Trinajstić information content (AvgIpc) is 2.96. The van der Waals surface area contributed by atoms with E-state index < -0.39 is 0 Å². The maximum absolute atomic E-state index is 13.7. The summed E-state index contributed by atoms with van der Waals surface area (Å²) >= 11 is 6.49. The molecule has 0 spiro atoms. The Morgan fingerprint density at radius 3 is 2.96 bits per heavy atom. The molecular formula is C21H21BrN2O2S2. The molecule has 0 bridgehead atoms. The summed E-state index contributed by atoms with van der Waals surface area (Å²) in [6.45, 7) is 10.6. The molecule has 3 heterocycles. The summed E-state index contributed by atoms with van der Waals surface area (Å²) in [7, 11) is 0. The van der Waals surface area contributed by atoms with Crippen LogP contribution >= 0.6 is 39.0 Å². The maximum atomic E-state index is 13.7. The number of ether oxygens (including phenoxy) is 1. The summed E-state index contributed by atoms with van der Waals surface area (Å²) in [5.41, 5.74) is 2.76. The molecule has 0 radical (unpaired) electrons. The number of benzene rings is 1. The minimum atomic E-state index is -0.275. The van der Waals surface area contributed by atoms with Crippen LogP contribution in [0.2, 0.25) is 0 Å². The van der Waals surface area contributed by atoms with E-state index in [0.717, 1.165) is 42.8 Å². The van der Waals surface area contributed by atoms with Crippen LogP contribution in [0.5, 0.6) is 0 Å². The highest BCUT2D eigenvalue weighted by molar-refractivity contribution is 9.11. The summed E-state index contributed by atoms with van der Waals surface area (Å²) in [6, 6.07) is 7.98. The number of aromatic nitrogens is 2. The van der Waals surface area contributed by atoms with Gasteiger partial charge in [-0.25, -0.2) is 4.98 Å². The van der Waals surface area contributed by atoms with E-state index in [-0.39, 0.29) is 11.2 Å². The SMILES string of the molecule is C=C(Br)CSc1nc2sc3c(c2c(=O)n1-c1cccc(C)c1)CC(C)(C)OC3. The van der Waals surface area contributed by atoms with Crippen LogP contribution in [0.3, 0.4) is 0 Å². The zero-order valence-corrected chi connectivity index (χ0v) is 19.3. The molecule has 4 nitrogen and oxygen atoms in total. The number of rotatable bonds is 4. The van der Waals surface area contributed by atoms with E-state index in [2.05, 4.69) is 36.4 Å². The number of aryl methyl sites for hydroxylation is 1. The van der Waals surface area contributed by atoms with Crippen LogP contribution in [0, 0.1) is 6.92 Å². The van der Waals surface area contributed by atoms with E-state index in [9.17, 15) is 4.79 Å². The van der Waals surface area contributed by atoms with Crippen LogP contribution in [0.25, 0.3) is 15.9 Å². The first-order chi connectivity index (χ1) is 13.2. The number of nitrogens with zero attached hydrogens (tertiary/aromatic N) is 2. The molecule has 0 aliphatic carbocycles. The molecule has 4 rings (SSSR count). The van der Waals surface area contributed by atoms with Gasteiger partial charge in [-0.2, -0.15) is 0 Å². The summed E-state index contributed by atoms with van der Waals surface area (Å²) < 4.78 is 8.56. The molecule has 0 fully saturated rings. The van der Waals surface area contributed by atoms with Crippen molar-refractivity contribution in [3.05, 3.63) is 61.7 Å². The van der Waals surface area contributed by atoms with E-state index in [1.165, 1.54) is 11.8 Å². The molecule has 0 saturated carbocycles. The molecule has 1 aromatic carbocycles. The summed E-state index contributed by atoms with van der Waals surface area (Å²) in [5, 5.41) is 1.42.